The lowest BCUT2D eigenvalue weighted by atomic mass is 10.2. The van der Waals surface area contributed by atoms with Crippen LogP contribution in [-0.4, -0.2) is 30.2 Å². The van der Waals surface area contributed by atoms with E-state index in [9.17, 15) is 4.79 Å². The highest BCUT2D eigenvalue weighted by Gasteiger charge is 2.20. The molecule has 1 atom stereocenters. The lowest BCUT2D eigenvalue weighted by Gasteiger charge is -2.17. The molecule has 0 radical (unpaired) electrons. The van der Waals surface area contributed by atoms with E-state index in [1.54, 1.807) is 13.1 Å². The number of aromatic nitrogens is 1. The van der Waals surface area contributed by atoms with Gasteiger partial charge in [0.15, 0.2) is 6.10 Å². The monoisotopic (exact) mass is 294 g/mol. The van der Waals surface area contributed by atoms with Crippen LogP contribution in [0, 0.1) is 0 Å². The molecule has 0 fully saturated rings. The number of carbonyl (C=O) groups excluding carboxylic acids is 1. The summed E-state index contributed by atoms with van der Waals surface area (Å²) >= 11 is 0. The summed E-state index contributed by atoms with van der Waals surface area (Å²) in [6, 6.07) is 3.75. The molecule has 0 aromatic carbocycles. The average Bonchev–Trinajstić information content (AvgIpc) is 2.49. The van der Waals surface area contributed by atoms with Crippen molar-refractivity contribution >= 4 is 5.97 Å². The maximum atomic E-state index is 11.8. The third-order valence-electron chi connectivity index (χ3n) is 2.91. The minimum Gasteiger partial charge on any atom is -0.477 e. The summed E-state index contributed by atoms with van der Waals surface area (Å²) in [6.07, 6.45) is 3.69. The lowest BCUT2D eigenvalue weighted by molar-refractivity contribution is -0.151. The molecule has 1 unspecified atom stereocenters. The number of hydrogen-bond donors (Lipinski definition) is 1. The van der Waals surface area contributed by atoms with Gasteiger partial charge in [-0.25, -0.2) is 4.79 Å². The van der Waals surface area contributed by atoms with Gasteiger partial charge in [-0.15, -0.1) is 0 Å². The van der Waals surface area contributed by atoms with E-state index in [0.717, 1.165) is 31.6 Å². The van der Waals surface area contributed by atoms with Crippen molar-refractivity contribution in [2.75, 3.05) is 13.2 Å². The number of rotatable bonds is 10. The third kappa shape index (κ3) is 6.58. The Bertz CT molecular complexity index is 406. The van der Waals surface area contributed by atoms with Gasteiger partial charge in [-0.1, -0.05) is 20.3 Å². The molecule has 21 heavy (non-hydrogen) atoms. The first kappa shape index (κ1) is 17.4. The van der Waals surface area contributed by atoms with Crippen molar-refractivity contribution in [3.8, 4) is 5.75 Å². The number of carbonyl (C=O) groups is 1. The second-order valence-electron chi connectivity index (χ2n) is 4.81. The van der Waals surface area contributed by atoms with Crippen LogP contribution in [0.25, 0.3) is 0 Å². The van der Waals surface area contributed by atoms with Crippen LogP contribution in [0.2, 0.25) is 0 Å². The summed E-state index contributed by atoms with van der Waals surface area (Å²) in [5, 5.41) is 3.29. The number of hydrogen-bond acceptors (Lipinski definition) is 5. The molecule has 5 nitrogen and oxygen atoms in total. The number of ether oxygens (including phenoxy) is 2. The predicted octanol–water partition coefficient (Wildman–Crippen LogP) is 2.69. The molecular formula is C16H26N2O3. The zero-order valence-electron chi connectivity index (χ0n) is 13.2. The van der Waals surface area contributed by atoms with Crippen LogP contribution in [0.4, 0.5) is 0 Å². The van der Waals surface area contributed by atoms with E-state index in [1.165, 1.54) is 0 Å². The molecule has 0 amide bonds. The zero-order chi connectivity index (χ0) is 15.5. The molecule has 5 heteroatoms. The highest BCUT2D eigenvalue weighted by Crippen LogP contribution is 2.14. The summed E-state index contributed by atoms with van der Waals surface area (Å²) in [5.74, 6) is 0.286. The van der Waals surface area contributed by atoms with Crippen LogP contribution in [0.15, 0.2) is 18.3 Å². The average molecular weight is 294 g/mol. The van der Waals surface area contributed by atoms with Crippen LogP contribution in [-0.2, 0) is 16.1 Å². The molecule has 0 bridgehead atoms. The van der Waals surface area contributed by atoms with Gasteiger partial charge in [-0.3, -0.25) is 4.98 Å². The van der Waals surface area contributed by atoms with Gasteiger partial charge in [-0.05, 0) is 38.4 Å². The van der Waals surface area contributed by atoms with E-state index in [-0.39, 0.29) is 5.97 Å². The predicted molar refractivity (Wildman–Crippen MR) is 82.2 cm³/mol. The largest absolute Gasteiger partial charge is 0.477 e. The first-order chi connectivity index (χ1) is 10.2. The Labute approximate surface area is 127 Å². The fraction of sp³-hybridized carbons (Fsp3) is 0.625. The fourth-order valence-electron chi connectivity index (χ4n) is 1.86. The Hall–Kier alpha value is -1.62. The number of esters is 1. The molecule has 1 aromatic rings. The maximum absolute atomic E-state index is 11.8. The van der Waals surface area contributed by atoms with Gasteiger partial charge in [0.1, 0.15) is 5.75 Å². The number of pyridine rings is 1. The fourth-order valence-corrected chi connectivity index (χ4v) is 1.86. The second-order valence-corrected chi connectivity index (χ2v) is 4.81. The number of nitrogens with zero attached hydrogens (tertiary/aromatic N) is 1. The topological polar surface area (TPSA) is 60.5 Å². The quantitative estimate of drug-likeness (QED) is 0.531. The highest BCUT2D eigenvalue weighted by atomic mass is 16.6. The van der Waals surface area contributed by atoms with Crippen molar-refractivity contribution in [2.24, 2.45) is 0 Å². The van der Waals surface area contributed by atoms with E-state index < -0.39 is 6.10 Å². The highest BCUT2D eigenvalue weighted by molar-refractivity contribution is 5.75. The molecule has 1 rings (SSSR count). The van der Waals surface area contributed by atoms with Crippen LogP contribution >= 0.6 is 0 Å². The van der Waals surface area contributed by atoms with Gasteiger partial charge in [0.05, 0.1) is 18.5 Å². The SMILES string of the molecule is CCCNCc1ccc(OC(CCC)C(=O)OCC)cn1. The molecule has 1 heterocycles. The van der Waals surface area contributed by atoms with Crippen molar-refractivity contribution in [1.82, 2.24) is 10.3 Å². The summed E-state index contributed by atoms with van der Waals surface area (Å²) in [4.78, 5) is 16.1. The summed E-state index contributed by atoms with van der Waals surface area (Å²) in [5.41, 5.74) is 0.957. The first-order valence-corrected chi connectivity index (χ1v) is 7.70. The lowest BCUT2D eigenvalue weighted by Crippen LogP contribution is -2.29. The van der Waals surface area contributed by atoms with Crippen LogP contribution in [0.3, 0.4) is 0 Å². The molecule has 0 aliphatic heterocycles. The van der Waals surface area contributed by atoms with Crippen molar-refractivity contribution in [1.29, 1.82) is 0 Å². The van der Waals surface area contributed by atoms with E-state index in [0.29, 0.717) is 18.8 Å². The van der Waals surface area contributed by atoms with Gasteiger partial charge in [-0.2, -0.15) is 0 Å². The maximum Gasteiger partial charge on any atom is 0.347 e. The van der Waals surface area contributed by atoms with Gasteiger partial charge < -0.3 is 14.8 Å². The Kier molecular flexibility index (Phi) is 8.43. The van der Waals surface area contributed by atoms with E-state index in [4.69, 9.17) is 9.47 Å². The van der Waals surface area contributed by atoms with Crippen molar-refractivity contribution in [2.45, 2.75) is 52.7 Å². The summed E-state index contributed by atoms with van der Waals surface area (Å²) in [6.45, 7) is 8.01. The molecule has 118 valence electrons. The van der Waals surface area contributed by atoms with Gasteiger partial charge in [0, 0.05) is 6.54 Å². The normalized spacial score (nSPS) is 12.0. The summed E-state index contributed by atoms with van der Waals surface area (Å²) < 4.78 is 10.7. The van der Waals surface area contributed by atoms with E-state index in [1.807, 2.05) is 19.1 Å². The Morgan fingerprint density at radius 2 is 2.10 bits per heavy atom. The molecule has 0 aliphatic carbocycles. The number of nitrogens with one attached hydrogen (secondary N) is 1. The smallest absolute Gasteiger partial charge is 0.347 e. The Morgan fingerprint density at radius 3 is 2.67 bits per heavy atom. The first-order valence-electron chi connectivity index (χ1n) is 7.70. The molecule has 0 aliphatic rings. The van der Waals surface area contributed by atoms with E-state index >= 15 is 0 Å². The third-order valence-corrected chi connectivity index (χ3v) is 2.91. The molecule has 0 saturated heterocycles. The Balaban J connectivity index is 2.56. The Morgan fingerprint density at radius 1 is 1.29 bits per heavy atom. The second kappa shape index (κ2) is 10.2. The van der Waals surface area contributed by atoms with E-state index in [2.05, 4.69) is 17.2 Å². The molecule has 1 aromatic heterocycles. The minimum atomic E-state index is -0.555. The summed E-state index contributed by atoms with van der Waals surface area (Å²) in [7, 11) is 0. The molecule has 0 saturated carbocycles. The minimum absolute atomic E-state index is 0.312. The van der Waals surface area contributed by atoms with Crippen molar-refractivity contribution in [3.63, 3.8) is 0 Å². The van der Waals surface area contributed by atoms with Gasteiger partial charge in [0.2, 0.25) is 0 Å². The molecule has 0 spiro atoms. The van der Waals surface area contributed by atoms with Gasteiger partial charge >= 0.3 is 5.97 Å². The van der Waals surface area contributed by atoms with Crippen molar-refractivity contribution < 1.29 is 14.3 Å². The van der Waals surface area contributed by atoms with Crippen LogP contribution < -0.4 is 10.1 Å². The molecule has 1 N–H and O–H groups in total. The van der Waals surface area contributed by atoms with Crippen LogP contribution in [0.1, 0.15) is 45.7 Å². The van der Waals surface area contributed by atoms with Gasteiger partial charge in [0.25, 0.3) is 0 Å². The van der Waals surface area contributed by atoms with Crippen molar-refractivity contribution in [3.05, 3.63) is 24.0 Å². The zero-order valence-corrected chi connectivity index (χ0v) is 13.2. The molecular weight excluding hydrogens is 268 g/mol. The van der Waals surface area contributed by atoms with Crippen LogP contribution in [0.5, 0.6) is 5.75 Å². The standard InChI is InChI=1S/C16H26N2O3/c1-4-7-15(16(19)20-6-3)21-14-9-8-13(18-12-14)11-17-10-5-2/h8-9,12,15,17H,4-7,10-11H2,1-3H3.